The van der Waals surface area contributed by atoms with Crippen LogP contribution in [0.5, 0.6) is 0 Å². The molecule has 2 aliphatic rings. The van der Waals surface area contributed by atoms with Gasteiger partial charge in [-0.25, -0.2) is 0 Å². The van der Waals surface area contributed by atoms with Crippen molar-refractivity contribution in [3.8, 4) is 0 Å². The summed E-state index contributed by atoms with van der Waals surface area (Å²) < 4.78 is 0. The van der Waals surface area contributed by atoms with Crippen LogP contribution in [-0.2, 0) is 9.59 Å². The van der Waals surface area contributed by atoms with E-state index in [4.69, 9.17) is 11.6 Å². The van der Waals surface area contributed by atoms with Gasteiger partial charge in [-0.3, -0.25) is 19.4 Å². The largest absolute Gasteiger partial charge is 0.352 e. The van der Waals surface area contributed by atoms with Crippen molar-refractivity contribution in [1.82, 2.24) is 15.2 Å². The molecular formula is C27H24ClN5O3S. The Bertz CT molecular complexity index is 1450. The molecule has 3 aromatic rings. The fraction of sp³-hybridized carbons (Fsp3) is 0.222. The molecule has 1 saturated heterocycles. The monoisotopic (exact) mass is 533 g/mol. The van der Waals surface area contributed by atoms with Crippen molar-refractivity contribution in [1.29, 1.82) is 0 Å². The SMILES string of the molecule is O=C1N=C(Nc2cc(C(=O)NCCCN3CCCC3=O)ccc2Cl)S/C1=C\c1ccc2ncccc2c1. The number of aromatic nitrogens is 1. The Morgan fingerprint density at radius 2 is 2.05 bits per heavy atom. The van der Waals surface area contributed by atoms with E-state index in [2.05, 4.69) is 20.6 Å². The number of thioether (sulfide) groups is 1. The van der Waals surface area contributed by atoms with Gasteiger partial charge in [0.05, 0.1) is 21.1 Å². The molecule has 0 atom stereocenters. The van der Waals surface area contributed by atoms with E-state index in [1.165, 1.54) is 11.8 Å². The third kappa shape index (κ3) is 6.00. The minimum atomic E-state index is -0.347. The molecular weight excluding hydrogens is 510 g/mol. The van der Waals surface area contributed by atoms with Crippen LogP contribution in [0.2, 0.25) is 5.02 Å². The van der Waals surface area contributed by atoms with Crippen LogP contribution in [0.25, 0.3) is 17.0 Å². The molecule has 8 nitrogen and oxygen atoms in total. The van der Waals surface area contributed by atoms with Crippen molar-refractivity contribution in [3.05, 3.63) is 75.8 Å². The number of carbonyl (C=O) groups is 3. The minimum absolute atomic E-state index is 0.179. The molecule has 37 heavy (non-hydrogen) atoms. The molecule has 188 valence electrons. The molecule has 5 rings (SSSR count). The van der Waals surface area contributed by atoms with Crippen molar-refractivity contribution in [2.45, 2.75) is 19.3 Å². The van der Waals surface area contributed by atoms with E-state index in [9.17, 15) is 14.4 Å². The lowest BCUT2D eigenvalue weighted by Crippen LogP contribution is -2.30. The highest BCUT2D eigenvalue weighted by Crippen LogP contribution is 2.32. The molecule has 2 N–H and O–H groups in total. The molecule has 2 aliphatic heterocycles. The fourth-order valence-electron chi connectivity index (χ4n) is 4.19. The first-order valence-electron chi connectivity index (χ1n) is 12.0. The normalized spacial score (nSPS) is 16.5. The maximum Gasteiger partial charge on any atom is 0.286 e. The molecule has 3 amide bonds. The highest BCUT2D eigenvalue weighted by molar-refractivity contribution is 8.18. The molecule has 0 aliphatic carbocycles. The molecule has 0 unspecified atom stereocenters. The number of nitrogens with zero attached hydrogens (tertiary/aromatic N) is 3. The Morgan fingerprint density at radius 3 is 2.89 bits per heavy atom. The number of pyridine rings is 1. The summed E-state index contributed by atoms with van der Waals surface area (Å²) in [6, 6.07) is 14.5. The van der Waals surface area contributed by atoms with E-state index in [1.54, 1.807) is 30.5 Å². The Morgan fingerprint density at radius 1 is 1.16 bits per heavy atom. The first-order chi connectivity index (χ1) is 18.0. The van der Waals surface area contributed by atoms with E-state index in [-0.39, 0.29) is 17.7 Å². The number of rotatable bonds is 7. The summed E-state index contributed by atoms with van der Waals surface area (Å²) in [4.78, 5) is 47.6. The zero-order valence-corrected chi connectivity index (χ0v) is 21.4. The zero-order chi connectivity index (χ0) is 25.8. The van der Waals surface area contributed by atoms with Crippen LogP contribution in [-0.4, -0.2) is 52.4 Å². The van der Waals surface area contributed by atoms with Gasteiger partial charge in [-0.1, -0.05) is 23.7 Å². The van der Waals surface area contributed by atoms with E-state index >= 15 is 0 Å². The number of hydrogen-bond donors (Lipinski definition) is 2. The van der Waals surface area contributed by atoms with Crippen molar-refractivity contribution >= 4 is 68.9 Å². The quantitative estimate of drug-likeness (QED) is 0.336. The van der Waals surface area contributed by atoms with Crippen LogP contribution < -0.4 is 10.6 Å². The second-order valence-corrected chi connectivity index (χ2v) is 10.1. The molecule has 0 radical (unpaired) electrons. The average Bonchev–Trinajstić information content (AvgIpc) is 3.46. The predicted molar refractivity (Wildman–Crippen MR) is 148 cm³/mol. The van der Waals surface area contributed by atoms with Crippen molar-refractivity contribution in [3.63, 3.8) is 0 Å². The van der Waals surface area contributed by atoms with E-state index in [1.807, 2.05) is 35.2 Å². The molecule has 0 bridgehead atoms. The predicted octanol–water partition coefficient (Wildman–Crippen LogP) is 4.71. The highest BCUT2D eigenvalue weighted by Gasteiger charge is 2.23. The maximum atomic E-state index is 12.6. The number of benzene rings is 2. The first kappa shape index (κ1) is 25.0. The number of nitrogens with one attached hydrogen (secondary N) is 2. The van der Waals surface area contributed by atoms with Gasteiger partial charge in [-0.2, -0.15) is 4.99 Å². The summed E-state index contributed by atoms with van der Waals surface area (Å²) in [5, 5.41) is 7.73. The molecule has 2 aromatic carbocycles. The average molecular weight is 534 g/mol. The summed E-state index contributed by atoms with van der Waals surface area (Å²) in [7, 11) is 0. The molecule has 10 heteroatoms. The smallest absolute Gasteiger partial charge is 0.286 e. The summed E-state index contributed by atoms with van der Waals surface area (Å²) >= 11 is 7.56. The first-order valence-corrected chi connectivity index (χ1v) is 13.2. The van der Waals surface area contributed by atoms with Crippen LogP contribution >= 0.6 is 23.4 Å². The molecule has 0 saturated carbocycles. The highest BCUT2D eigenvalue weighted by atomic mass is 35.5. The van der Waals surface area contributed by atoms with Crippen molar-refractivity contribution in [2.24, 2.45) is 4.99 Å². The molecule has 3 heterocycles. The third-order valence-corrected chi connectivity index (χ3v) is 7.31. The van der Waals surface area contributed by atoms with Gasteiger partial charge in [-0.05, 0) is 72.6 Å². The standard InChI is InChI=1S/C27H24ClN5O3S/c28-20-8-7-19(25(35)30-11-3-13-33-12-2-5-24(33)34)16-22(20)31-27-32-26(36)23(37-27)15-17-6-9-21-18(14-17)4-1-10-29-21/h1,4,6-10,14-16H,2-3,5,11-13H2,(H,30,35)(H,31,32,36)/b23-15-. The van der Waals surface area contributed by atoms with Gasteiger partial charge in [-0.15, -0.1) is 0 Å². The van der Waals surface area contributed by atoms with Gasteiger partial charge in [0, 0.05) is 43.2 Å². The van der Waals surface area contributed by atoms with E-state index < -0.39 is 0 Å². The van der Waals surface area contributed by atoms with Gasteiger partial charge in [0.2, 0.25) is 5.91 Å². The Kier molecular flexibility index (Phi) is 7.52. The lowest BCUT2D eigenvalue weighted by molar-refractivity contribution is -0.127. The van der Waals surface area contributed by atoms with Crippen LogP contribution in [0.3, 0.4) is 0 Å². The summed E-state index contributed by atoms with van der Waals surface area (Å²) in [6.07, 6.45) is 5.73. The number of anilines is 1. The number of fused-ring (bicyclic) bond motifs is 1. The topological polar surface area (TPSA) is 104 Å². The number of amidine groups is 1. The minimum Gasteiger partial charge on any atom is -0.352 e. The van der Waals surface area contributed by atoms with Crippen molar-refractivity contribution in [2.75, 3.05) is 25.0 Å². The van der Waals surface area contributed by atoms with Crippen LogP contribution in [0.4, 0.5) is 5.69 Å². The van der Waals surface area contributed by atoms with Crippen LogP contribution in [0, 0.1) is 0 Å². The summed E-state index contributed by atoms with van der Waals surface area (Å²) in [5.41, 5.74) is 2.67. The number of likely N-dealkylation sites (tertiary alicyclic amines) is 1. The van der Waals surface area contributed by atoms with Gasteiger partial charge in [0.1, 0.15) is 0 Å². The molecule has 1 aromatic heterocycles. The van der Waals surface area contributed by atoms with Crippen LogP contribution in [0.15, 0.2) is 64.6 Å². The number of hydrogen-bond acceptors (Lipinski definition) is 6. The molecule has 0 spiro atoms. The van der Waals surface area contributed by atoms with Gasteiger partial charge < -0.3 is 15.5 Å². The molecule has 1 fully saturated rings. The zero-order valence-electron chi connectivity index (χ0n) is 19.9. The number of halogens is 1. The lowest BCUT2D eigenvalue weighted by Gasteiger charge is -2.15. The van der Waals surface area contributed by atoms with E-state index in [0.29, 0.717) is 52.3 Å². The summed E-state index contributed by atoms with van der Waals surface area (Å²) in [5.74, 6) is -0.408. The van der Waals surface area contributed by atoms with E-state index in [0.717, 1.165) is 29.4 Å². The van der Waals surface area contributed by atoms with Crippen molar-refractivity contribution < 1.29 is 14.4 Å². The second kappa shape index (κ2) is 11.1. The lowest BCUT2D eigenvalue weighted by atomic mass is 10.1. The van der Waals surface area contributed by atoms with Crippen LogP contribution in [0.1, 0.15) is 35.2 Å². The maximum absolute atomic E-state index is 12.6. The number of amides is 3. The number of carbonyl (C=O) groups excluding carboxylic acids is 3. The van der Waals surface area contributed by atoms with Gasteiger partial charge >= 0.3 is 0 Å². The Balaban J connectivity index is 1.20. The number of aliphatic imine (C=N–C) groups is 1. The Hall–Kier alpha value is -3.69. The van der Waals surface area contributed by atoms with Gasteiger partial charge in [0.15, 0.2) is 5.17 Å². The third-order valence-electron chi connectivity index (χ3n) is 6.08. The second-order valence-electron chi connectivity index (χ2n) is 8.70. The van der Waals surface area contributed by atoms with Gasteiger partial charge in [0.25, 0.3) is 11.8 Å². The Labute approximate surface area is 223 Å². The summed E-state index contributed by atoms with van der Waals surface area (Å²) in [6.45, 7) is 1.90. The fourth-order valence-corrected chi connectivity index (χ4v) is 5.18.